The van der Waals surface area contributed by atoms with Crippen LogP contribution in [-0.4, -0.2) is 38.7 Å². The van der Waals surface area contributed by atoms with Gasteiger partial charge in [-0.3, -0.25) is 4.79 Å². The van der Waals surface area contributed by atoms with Crippen LogP contribution in [0.2, 0.25) is 0 Å². The summed E-state index contributed by atoms with van der Waals surface area (Å²) in [5.74, 6) is 0.881. The summed E-state index contributed by atoms with van der Waals surface area (Å²) in [7, 11) is 1.71. The van der Waals surface area contributed by atoms with Gasteiger partial charge in [0.15, 0.2) is 0 Å². The van der Waals surface area contributed by atoms with Crippen molar-refractivity contribution in [2.45, 2.75) is 38.6 Å². The van der Waals surface area contributed by atoms with Crippen molar-refractivity contribution >= 4 is 17.3 Å². The van der Waals surface area contributed by atoms with E-state index in [1.54, 1.807) is 7.11 Å². The molecule has 1 unspecified atom stereocenters. The number of methoxy groups -OCH3 is 1. The molecule has 0 saturated carbocycles. The molecule has 0 saturated heterocycles. The molecule has 2 heterocycles. The van der Waals surface area contributed by atoms with Crippen LogP contribution < -0.4 is 20.3 Å². The van der Waals surface area contributed by atoms with Crippen LogP contribution >= 0.6 is 0 Å². The maximum Gasteiger partial charge on any atom is 0.253 e. The molecule has 30 heavy (non-hydrogen) atoms. The SMILES string of the molecule is C=C1Cc2cccc(C(=O)NCCCN3CCCc4ccc(OC)cc43)c2NC1C. The van der Waals surface area contributed by atoms with Gasteiger partial charge in [-0.2, -0.15) is 0 Å². The van der Waals surface area contributed by atoms with E-state index in [1.165, 1.54) is 11.3 Å². The molecule has 2 aromatic rings. The third-order valence-electron chi connectivity index (χ3n) is 6.18. The normalized spacial score (nSPS) is 17.6. The van der Waals surface area contributed by atoms with Crippen LogP contribution in [0, 0.1) is 0 Å². The maximum absolute atomic E-state index is 12.8. The van der Waals surface area contributed by atoms with Crippen LogP contribution in [0.4, 0.5) is 11.4 Å². The molecular formula is C25H31N3O2. The number of nitrogens with one attached hydrogen (secondary N) is 2. The predicted molar refractivity (Wildman–Crippen MR) is 123 cm³/mol. The highest BCUT2D eigenvalue weighted by Gasteiger charge is 2.22. The minimum absolute atomic E-state index is 0.0141. The Bertz CT molecular complexity index is 953. The summed E-state index contributed by atoms with van der Waals surface area (Å²) in [5.41, 5.74) is 6.61. The molecule has 0 aliphatic carbocycles. The van der Waals surface area contributed by atoms with Crippen molar-refractivity contribution in [1.82, 2.24) is 5.32 Å². The Morgan fingerprint density at radius 2 is 2.17 bits per heavy atom. The van der Waals surface area contributed by atoms with Crippen molar-refractivity contribution < 1.29 is 9.53 Å². The van der Waals surface area contributed by atoms with E-state index in [0.29, 0.717) is 6.54 Å². The topological polar surface area (TPSA) is 53.6 Å². The van der Waals surface area contributed by atoms with E-state index in [-0.39, 0.29) is 11.9 Å². The van der Waals surface area contributed by atoms with Gasteiger partial charge in [-0.1, -0.05) is 30.4 Å². The van der Waals surface area contributed by atoms with E-state index in [4.69, 9.17) is 4.74 Å². The van der Waals surface area contributed by atoms with E-state index in [1.807, 2.05) is 18.2 Å². The van der Waals surface area contributed by atoms with Crippen LogP contribution in [0.5, 0.6) is 5.75 Å². The third kappa shape index (κ3) is 4.16. The summed E-state index contributed by atoms with van der Waals surface area (Å²) in [6, 6.07) is 12.4. The summed E-state index contributed by atoms with van der Waals surface area (Å²) < 4.78 is 5.40. The summed E-state index contributed by atoms with van der Waals surface area (Å²) >= 11 is 0. The molecule has 0 fully saturated rings. The third-order valence-corrected chi connectivity index (χ3v) is 6.18. The van der Waals surface area contributed by atoms with E-state index in [2.05, 4.69) is 47.2 Å². The fourth-order valence-corrected chi connectivity index (χ4v) is 4.38. The Morgan fingerprint density at radius 3 is 3.00 bits per heavy atom. The number of para-hydroxylation sites is 1. The summed E-state index contributed by atoms with van der Waals surface area (Å²) in [6.45, 7) is 8.83. The van der Waals surface area contributed by atoms with Gasteiger partial charge in [-0.15, -0.1) is 0 Å². The molecule has 0 spiro atoms. The van der Waals surface area contributed by atoms with Crippen molar-refractivity contribution in [1.29, 1.82) is 0 Å². The summed E-state index contributed by atoms with van der Waals surface area (Å²) in [6.07, 6.45) is 4.00. The first-order chi connectivity index (χ1) is 14.6. The van der Waals surface area contributed by atoms with E-state index in [0.717, 1.165) is 66.9 Å². The number of fused-ring (bicyclic) bond motifs is 2. The van der Waals surface area contributed by atoms with Crippen LogP contribution in [0.25, 0.3) is 0 Å². The molecule has 2 aliphatic rings. The molecule has 4 rings (SSSR count). The van der Waals surface area contributed by atoms with Gasteiger partial charge in [0.1, 0.15) is 5.75 Å². The number of carbonyl (C=O) groups is 1. The first kappa shape index (κ1) is 20.3. The minimum atomic E-state index is -0.0141. The number of amides is 1. The van der Waals surface area contributed by atoms with E-state index >= 15 is 0 Å². The molecule has 2 aromatic carbocycles. The number of carbonyl (C=O) groups excluding carboxylic acids is 1. The molecule has 2 aliphatic heterocycles. The minimum Gasteiger partial charge on any atom is -0.497 e. The van der Waals surface area contributed by atoms with Gasteiger partial charge >= 0.3 is 0 Å². The van der Waals surface area contributed by atoms with Gasteiger partial charge in [0.05, 0.1) is 18.4 Å². The van der Waals surface area contributed by atoms with Gasteiger partial charge in [0.2, 0.25) is 0 Å². The highest BCUT2D eigenvalue weighted by atomic mass is 16.5. The highest BCUT2D eigenvalue weighted by molar-refractivity contribution is 6.00. The largest absolute Gasteiger partial charge is 0.497 e. The van der Waals surface area contributed by atoms with Crippen molar-refractivity contribution in [2.75, 3.05) is 37.0 Å². The fraction of sp³-hybridized carbons (Fsp3) is 0.400. The van der Waals surface area contributed by atoms with Gasteiger partial charge in [0.25, 0.3) is 5.91 Å². The van der Waals surface area contributed by atoms with Crippen molar-refractivity contribution in [3.63, 3.8) is 0 Å². The van der Waals surface area contributed by atoms with Crippen LogP contribution in [-0.2, 0) is 12.8 Å². The second-order valence-electron chi connectivity index (χ2n) is 8.24. The monoisotopic (exact) mass is 405 g/mol. The number of aryl methyl sites for hydroxylation is 1. The summed E-state index contributed by atoms with van der Waals surface area (Å²) in [4.78, 5) is 15.2. The number of benzene rings is 2. The number of ether oxygens (including phenoxy) is 1. The van der Waals surface area contributed by atoms with E-state index < -0.39 is 0 Å². The molecule has 0 aromatic heterocycles. The smallest absolute Gasteiger partial charge is 0.253 e. The zero-order valence-electron chi connectivity index (χ0n) is 18.0. The average Bonchev–Trinajstić information content (AvgIpc) is 2.76. The number of hydrogen-bond donors (Lipinski definition) is 2. The van der Waals surface area contributed by atoms with Crippen molar-refractivity contribution in [3.8, 4) is 5.75 Å². The van der Waals surface area contributed by atoms with Gasteiger partial charge in [-0.05, 0) is 55.9 Å². The Labute approximate surface area is 179 Å². The lowest BCUT2D eigenvalue weighted by Crippen LogP contribution is -2.34. The number of anilines is 2. The first-order valence-corrected chi connectivity index (χ1v) is 10.8. The molecule has 1 atom stereocenters. The average molecular weight is 406 g/mol. The van der Waals surface area contributed by atoms with Crippen molar-refractivity contribution in [3.05, 3.63) is 65.2 Å². The Kier molecular flexibility index (Phi) is 5.98. The Hall–Kier alpha value is -2.95. The Morgan fingerprint density at radius 1 is 1.30 bits per heavy atom. The lowest BCUT2D eigenvalue weighted by Gasteiger charge is -2.31. The fourth-order valence-electron chi connectivity index (χ4n) is 4.38. The first-order valence-electron chi connectivity index (χ1n) is 10.8. The maximum atomic E-state index is 12.8. The predicted octanol–water partition coefficient (Wildman–Crippen LogP) is 4.18. The molecule has 0 radical (unpaired) electrons. The Balaban J connectivity index is 1.35. The molecule has 0 bridgehead atoms. The second-order valence-corrected chi connectivity index (χ2v) is 8.24. The number of hydrogen-bond acceptors (Lipinski definition) is 4. The van der Waals surface area contributed by atoms with Gasteiger partial charge in [0, 0.05) is 37.4 Å². The molecule has 1 amide bonds. The van der Waals surface area contributed by atoms with Crippen molar-refractivity contribution in [2.24, 2.45) is 0 Å². The zero-order valence-corrected chi connectivity index (χ0v) is 18.0. The standard InChI is InChI=1S/C25H31N3O2/c1-17-15-20-7-4-9-22(24(20)27-18(17)2)25(29)26-12-6-14-28-13-5-8-19-10-11-21(30-3)16-23(19)28/h4,7,9-11,16,18,27H,1,5-6,8,12-15H2,2-3H3,(H,26,29). The van der Waals surface area contributed by atoms with Gasteiger partial charge in [-0.25, -0.2) is 0 Å². The lowest BCUT2D eigenvalue weighted by molar-refractivity contribution is 0.0954. The van der Waals surface area contributed by atoms with Crippen LogP contribution in [0.1, 0.15) is 41.3 Å². The molecule has 5 heteroatoms. The second kappa shape index (κ2) is 8.82. The lowest BCUT2D eigenvalue weighted by atomic mass is 9.92. The molecule has 5 nitrogen and oxygen atoms in total. The molecule has 2 N–H and O–H groups in total. The summed E-state index contributed by atoms with van der Waals surface area (Å²) in [5, 5.41) is 6.55. The van der Waals surface area contributed by atoms with Crippen LogP contribution in [0.15, 0.2) is 48.6 Å². The zero-order chi connectivity index (χ0) is 21.1. The highest BCUT2D eigenvalue weighted by Crippen LogP contribution is 2.32. The van der Waals surface area contributed by atoms with Crippen LogP contribution in [0.3, 0.4) is 0 Å². The number of rotatable bonds is 6. The van der Waals surface area contributed by atoms with Gasteiger partial charge < -0.3 is 20.3 Å². The molecular weight excluding hydrogens is 374 g/mol. The number of nitrogens with zero attached hydrogens (tertiary/aromatic N) is 1. The van der Waals surface area contributed by atoms with E-state index in [9.17, 15) is 4.79 Å². The molecule has 158 valence electrons. The quantitative estimate of drug-likeness (QED) is 0.559.